The molecule has 2 heterocycles. The van der Waals surface area contributed by atoms with E-state index in [0.717, 1.165) is 17.4 Å². The number of hydrogen-bond acceptors (Lipinski definition) is 6. The second-order valence-corrected chi connectivity index (χ2v) is 11.8. The van der Waals surface area contributed by atoms with Gasteiger partial charge in [-0.05, 0) is 30.2 Å². The van der Waals surface area contributed by atoms with E-state index in [-0.39, 0.29) is 5.69 Å². The maximum Gasteiger partial charge on any atom is 0.317 e. The number of likely N-dealkylation sites (tertiary alicyclic amines) is 1. The van der Waals surface area contributed by atoms with Crippen LogP contribution in [0.25, 0.3) is 11.1 Å². The Morgan fingerprint density at radius 2 is 1.22 bits per heavy atom. The summed E-state index contributed by atoms with van der Waals surface area (Å²) in [5.41, 5.74) is 1.50. The largest absolute Gasteiger partial charge is 0.424 e. The molecule has 4 amide bonds. The van der Waals surface area contributed by atoms with Crippen LogP contribution in [0.4, 0.5) is 32.0 Å². The van der Waals surface area contributed by atoms with Crippen LogP contribution < -0.4 is 9.64 Å². The number of alkyl halides is 6. The number of benzene rings is 2. The van der Waals surface area contributed by atoms with Gasteiger partial charge in [-0.2, -0.15) is 0 Å². The van der Waals surface area contributed by atoms with Crippen molar-refractivity contribution in [3.8, 4) is 16.9 Å². The lowest BCUT2D eigenvalue weighted by Gasteiger charge is -2.36. The molecule has 0 radical (unpaired) electrons. The Morgan fingerprint density at radius 1 is 0.733 bits per heavy atom. The van der Waals surface area contributed by atoms with E-state index in [2.05, 4.69) is 0 Å². The van der Waals surface area contributed by atoms with E-state index >= 15 is 0 Å². The summed E-state index contributed by atoms with van der Waals surface area (Å²) in [6.45, 7) is 2.75. The summed E-state index contributed by atoms with van der Waals surface area (Å²) < 4.78 is 89.6. The summed E-state index contributed by atoms with van der Waals surface area (Å²) >= 11 is 0. The van der Waals surface area contributed by atoms with Gasteiger partial charge in [0.05, 0.1) is 42.2 Å². The zero-order chi connectivity index (χ0) is 33.2. The van der Waals surface area contributed by atoms with Gasteiger partial charge in [-0.1, -0.05) is 42.8 Å². The molecule has 5 rings (SSSR count). The normalized spacial score (nSPS) is 23.3. The fourth-order valence-corrected chi connectivity index (χ4v) is 6.26. The van der Waals surface area contributed by atoms with Crippen LogP contribution in [0, 0.1) is 30.6 Å². The fraction of sp³-hybridized carbons (Fsp3) is 0.452. The van der Waals surface area contributed by atoms with Crippen LogP contribution in [0.15, 0.2) is 42.5 Å². The topological polar surface area (TPSA) is 101 Å². The zero-order valence-corrected chi connectivity index (χ0v) is 24.3. The summed E-state index contributed by atoms with van der Waals surface area (Å²) in [6, 6.07) is 10.8. The van der Waals surface area contributed by atoms with Crippen molar-refractivity contribution in [1.82, 2.24) is 4.90 Å². The first-order chi connectivity index (χ1) is 20.9. The minimum Gasteiger partial charge on any atom is -0.424 e. The highest BCUT2D eigenvalue weighted by atomic mass is 19.3. The van der Waals surface area contributed by atoms with Crippen LogP contribution in [-0.2, 0) is 24.0 Å². The van der Waals surface area contributed by atoms with Gasteiger partial charge in [0, 0.05) is 13.5 Å². The van der Waals surface area contributed by atoms with E-state index in [1.807, 2.05) is 6.92 Å². The summed E-state index contributed by atoms with van der Waals surface area (Å²) in [6.07, 6.45) is -7.38. The highest BCUT2D eigenvalue weighted by Crippen LogP contribution is 2.57. The maximum absolute atomic E-state index is 14.6. The SMILES string of the molecule is CCC(F)(F)CC(F)(F)CC(F)(F)CC(=O)Oc1cc(-c2ccc(C)cc2)ccc1N1C(=O)C2C3C(=O)N(C)C(=O)C3C2C1=O. The van der Waals surface area contributed by atoms with Crippen molar-refractivity contribution in [2.75, 3.05) is 11.9 Å². The number of esters is 1. The van der Waals surface area contributed by atoms with Crippen molar-refractivity contribution in [3.63, 3.8) is 0 Å². The van der Waals surface area contributed by atoms with Crippen LogP contribution in [0.5, 0.6) is 5.75 Å². The van der Waals surface area contributed by atoms with Crippen molar-refractivity contribution < 1.29 is 55.1 Å². The summed E-state index contributed by atoms with van der Waals surface area (Å²) in [5, 5.41) is 0. The Kier molecular flexibility index (Phi) is 7.85. The number of halogens is 6. The molecule has 2 saturated heterocycles. The van der Waals surface area contributed by atoms with Crippen molar-refractivity contribution in [3.05, 3.63) is 48.0 Å². The smallest absolute Gasteiger partial charge is 0.317 e. The highest BCUT2D eigenvalue weighted by Gasteiger charge is 2.73. The molecule has 45 heavy (non-hydrogen) atoms. The van der Waals surface area contributed by atoms with Gasteiger partial charge in [-0.3, -0.25) is 28.9 Å². The number of rotatable bonds is 10. The number of ether oxygens (including phenoxy) is 1. The molecular weight excluding hydrogens is 610 g/mol. The third-order valence-electron chi connectivity index (χ3n) is 8.55. The molecule has 0 bridgehead atoms. The first-order valence-corrected chi connectivity index (χ1v) is 14.1. The van der Waals surface area contributed by atoms with Crippen LogP contribution in [-0.4, -0.2) is 59.3 Å². The van der Waals surface area contributed by atoms with Gasteiger partial charge in [-0.25, -0.2) is 31.2 Å². The van der Waals surface area contributed by atoms with Crippen molar-refractivity contribution in [2.24, 2.45) is 23.7 Å². The molecule has 14 heteroatoms. The Hall–Kier alpha value is -4.23. The summed E-state index contributed by atoms with van der Waals surface area (Å²) in [7, 11) is 1.24. The predicted molar refractivity (Wildman–Crippen MR) is 145 cm³/mol. The standard InChI is InChI=1S/C31H28F6N2O6/c1-4-29(32,33)13-31(36,37)14-30(34,35)12-20(40)45-19-11-17(16-7-5-15(2)6-8-16)9-10-18(19)39-27(43)23-21-22(24(23)28(39)44)26(42)38(3)25(21)41/h5-11,21-24H,4,12-14H2,1-3H3. The average Bonchev–Trinajstić information content (AvgIpc) is 3.21. The molecule has 1 aliphatic carbocycles. The molecular formula is C31H28F6N2O6. The van der Waals surface area contributed by atoms with Crippen molar-refractivity contribution in [1.29, 1.82) is 0 Å². The van der Waals surface area contributed by atoms with Crippen LogP contribution in [0.2, 0.25) is 0 Å². The second-order valence-electron chi connectivity index (χ2n) is 11.8. The number of amides is 4. The van der Waals surface area contributed by atoms with Crippen LogP contribution in [0.3, 0.4) is 0 Å². The third-order valence-corrected chi connectivity index (χ3v) is 8.55. The monoisotopic (exact) mass is 638 g/mol. The Morgan fingerprint density at radius 3 is 1.76 bits per heavy atom. The van der Waals surface area contributed by atoms with Crippen molar-refractivity contribution >= 4 is 35.3 Å². The quantitative estimate of drug-likeness (QED) is 0.150. The molecule has 4 atom stereocenters. The number of anilines is 1. The second kappa shape index (κ2) is 11.0. The molecule has 4 unspecified atom stereocenters. The lowest BCUT2D eigenvalue weighted by atomic mass is 9.59. The molecule has 8 nitrogen and oxygen atoms in total. The lowest BCUT2D eigenvalue weighted by molar-refractivity contribution is -0.167. The predicted octanol–water partition coefficient (Wildman–Crippen LogP) is 5.40. The fourth-order valence-electron chi connectivity index (χ4n) is 6.26. The number of aryl methyl sites for hydroxylation is 1. The minimum atomic E-state index is -4.51. The van der Waals surface area contributed by atoms with E-state index in [9.17, 15) is 50.3 Å². The Labute approximate surface area is 253 Å². The molecule has 0 aromatic heterocycles. The van der Waals surface area contributed by atoms with Gasteiger partial charge in [0.15, 0.2) is 5.75 Å². The molecule has 240 valence electrons. The van der Waals surface area contributed by atoms with E-state index in [4.69, 9.17) is 4.74 Å². The number of nitrogens with zero attached hydrogens (tertiary/aromatic N) is 2. The van der Waals surface area contributed by atoms with Gasteiger partial charge in [0.2, 0.25) is 23.6 Å². The molecule has 2 aromatic carbocycles. The van der Waals surface area contributed by atoms with Gasteiger partial charge < -0.3 is 4.74 Å². The average molecular weight is 639 g/mol. The molecule has 0 N–H and O–H groups in total. The number of carbonyl (C=O) groups is 5. The third kappa shape index (κ3) is 5.82. The lowest BCUT2D eigenvalue weighted by Crippen LogP contribution is -2.50. The minimum absolute atomic E-state index is 0.342. The van der Waals surface area contributed by atoms with Crippen LogP contribution in [0.1, 0.15) is 38.2 Å². The zero-order valence-electron chi connectivity index (χ0n) is 24.3. The van der Waals surface area contributed by atoms with Crippen molar-refractivity contribution in [2.45, 2.75) is 57.3 Å². The number of fused-ring (bicyclic) bond motifs is 4. The molecule has 3 fully saturated rings. The Bertz CT molecular complexity index is 1550. The first-order valence-electron chi connectivity index (χ1n) is 14.1. The highest BCUT2D eigenvalue weighted by molar-refractivity contribution is 6.28. The molecule has 3 aliphatic rings. The molecule has 0 spiro atoms. The van der Waals surface area contributed by atoms with Gasteiger partial charge in [0.25, 0.3) is 17.8 Å². The van der Waals surface area contributed by atoms with Gasteiger partial charge in [-0.15, -0.1) is 0 Å². The van der Waals surface area contributed by atoms with Crippen LogP contribution >= 0.6 is 0 Å². The molecule has 2 aromatic rings. The summed E-state index contributed by atoms with van der Waals surface area (Å²) in [5.74, 6) is -22.5. The van der Waals surface area contributed by atoms with Gasteiger partial charge in [0.1, 0.15) is 6.42 Å². The number of carbonyl (C=O) groups excluding carboxylic acids is 5. The number of hydrogen-bond donors (Lipinski definition) is 0. The molecule has 1 saturated carbocycles. The maximum atomic E-state index is 14.6. The number of imide groups is 2. The van der Waals surface area contributed by atoms with E-state index in [0.29, 0.717) is 16.0 Å². The van der Waals surface area contributed by atoms with E-state index in [1.165, 1.54) is 25.2 Å². The summed E-state index contributed by atoms with van der Waals surface area (Å²) in [4.78, 5) is 66.2. The molecule has 2 aliphatic heterocycles. The van der Waals surface area contributed by atoms with Gasteiger partial charge >= 0.3 is 5.97 Å². The Balaban J connectivity index is 1.44. The van der Waals surface area contributed by atoms with E-state index in [1.54, 1.807) is 24.3 Å². The first kappa shape index (κ1) is 32.2. The van der Waals surface area contributed by atoms with E-state index < -0.39 is 102 Å².